The second-order valence-corrected chi connectivity index (χ2v) is 3.19. The molecule has 2 nitrogen and oxygen atoms in total. The summed E-state index contributed by atoms with van der Waals surface area (Å²) in [6.45, 7) is 0. The van der Waals surface area contributed by atoms with Crippen molar-refractivity contribution in [3.05, 3.63) is 66.2 Å². The molecule has 1 N–H and O–H groups in total. The van der Waals surface area contributed by atoms with E-state index in [0.29, 0.717) is 5.75 Å². The number of hydrogen-bond acceptors (Lipinski definition) is 2. The summed E-state index contributed by atoms with van der Waals surface area (Å²) in [6, 6.07) is 18.6. The van der Waals surface area contributed by atoms with Gasteiger partial charge < -0.3 is 9.84 Å². The summed E-state index contributed by atoms with van der Waals surface area (Å²) in [7, 11) is 0. The summed E-state index contributed by atoms with van der Waals surface area (Å²) in [5, 5.41) is 9.75. The lowest BCUT2D eigenvalue weighted by Crippen LogP contribution is -2.05. The van der Waals surface area contributed by atoms with Gasteiger partial charge in [-0.15, -0.1) is 0 Å². The van der Waals surface area contributed by atoms with Crippen LogP contribution in [0.4, 0.5) is 0 Å². The summed E-state index contributed by atoms with van der Waals surface area (Å²) in [5.74, 6) is 0.661. The molecule has 76 valence electrons. The SMILES string of the molecule is OC(Oc1ccccc1)c1ccccc1. The lowest BCUT2D eigenvalue weighted by Gasteiger charge is -2.13. The van der Waals surface area contributed by atoms with Gasteiger partial charge in [0, 0.05) is 5.56 Å². The predicted molar refractivity (Wildman–Crippen MR) is 58.5 cm³/mol. The van der Waals surface area contributed by atoms with Gasteiger partial charge in [0.2, 0.25) is 6.29 Å². The van der Waals surface area contributed by atoms with Crippen molar-refractivity contribution in [3.8, 4) is 5.75 Å². The van der Waals surface area contributed by atoms with Crippen LogP contribution in [0.3, 0.4) is 0 Å². The highest BCUT2D eigenvalue weighted by molar-refractivity contribution is 5.23. The Balaban J connectivity index is 2.08. The second kappa shape index (κ2) is 4.62. The first-order chi connectivity index (χ1) is 7.36. The minimum atomic E-state index is -0.909. The molecule has 2 aromatic rings. The fraction of sp³-hybridized carbons (Fsp3) is 0.0769. The molecular weight excluding hydrogens is 188 g/mol. The van der Waals surface area contributed by atoms with E-state index in [9.17, 15) is 5.11 Å². The number of para-hydroxylation sites is 1. The molecule has 0 saturated heterocycles. The smallest absolute Gasteiger partial charge is 0.224 e. The lowest BCUT2D eigenvalue weighted by atomic mass is 10.2. The average Bonchev–Trinajstić information content (AvgIpc) is 2.31. The minimum Gasteiger partial charge on any atom is -0.461 e. The largest absolute Gasteiger partial charge is 0.461 e. The van der Waals surface area contributed by atoms with Crippen LogP contribution in [0.5, 0.6) is 5.75 Å². The Hall–Kier alpha value is -1.80. The van der Waals surface area contributed by atoms with E-state index >= 15 is 0 Å². The fourth-order valence-electron chi connectivity index (χ4n) is 1.31. The lowest BCUT2D eigenvalue weighted by molar-refractivity contribution is -0.0194. The molecule has 0 saturated carbocycles. The Morgan fingerprint density at radius 2 is 1.33 bits per heavy atom. The van der Waals surface area contributed by atoms with E-state index in [0.717, 1.165) is 5.56 Å². The number of benzene rings is 2. The van der Waals surface area contributed by atoms with Crippen molar-refractivity contribution in [2.24, 2.45) is 0 Å². The van der Waals surface area contributed by atoms with Crippen LogP contribution in [0.25, 0.3) is 0 Å². The van der Waals surface area contributed by atoms with Crippen LogP contribution in [-0.4, -0.2) is 5.11 Å². The van der Waals surface area contributed by atoms with E-state index in [4.69, 9.17) is 4.74 Å². The van der Waals surface area contributed by atoms with Crippen LogP contribution in [0.2, 0.25) is 0 Å². The first-order valence-electron chi connectivity index (χ1n) is 4.81. The zero-order chi connectivity index (χ0) is 10.5. The molecule has 0 spiro atoms. The van der Waals surface area contributed by atoms with Crippen molar-refractivity contribution in [1.29, 1.82) is 0 Å². The van der Waals surface area contributed by atoms with Gasteiger partial charge in [0.05, 0.1) is 0 Å². The Kier molecular flexibility index (Phi) is 3.00. The number of rotatable bonds is 3. The maximum absolute atomic E-state index is 9.75. The Morgan fingerprint density at radius 1 is 0.800 bits per heavy atom. The van der Waals surface area contributed by atoms with Gasteiger partial charge in [-0.25, -0.2) is 0 Å². The van der Waals surface area contributed by atoms with E-state index in [1.165, 1.54) is 0 Å². The van der Waals surface area contributed by atoms with Crippen molar-refractivity contribution < 1.29 is 9.84 Å². The predicted octanol–water partition coefficient (Wildman–Crippen LogP) is 2.76. The third kappa shape index (κ3) is 2.58. The third-order valence-corrected chi connectivity index (χ3v) is 2.08. The van der Waals surface area contributed by atoms with Crippen LogP contribution < -0.4 is 4.74 Å². The summed E-state index contributed by atoms with van der Waals surface area (Å²) in [6.07, 6.45) is -0.909. The molecule has 2 heteroatoms. The highest BCUT2D eigenvalue weighted by Crippen LogP contribution is 2.18. The Bertz CT molecular complexity index is 397. The second-order valence-electron chi connectivity index (χ2n) is 3.19. The van der Waals surface area contributed by atoms with Gasteiger partial charge in [0.15, 0.2) is 0 Å². The van der Waals surface area contributed by atoms with Crippen LogP contribution in [0.1, 0.15) is 11.9 Å². The van der Waals surface area contributed by atoms with Crippen LogP contribution in [0, 0.1) is 0 Å². The molecule has 0 heterocycles. The van der Waals surface area contributed by atoms with Crippen molar-refractivity contribution in [2.75, 3.05) is 0 Å². The highest BCUT2D eigenvalue weighted by atomic mass is 16.6. The maximum atomic E-state index is 9.75. The number of ether oxygens (including phenoxy) is 1. The zero-order valence-electron chi connectivity index (χ0n) is 8.21. The molecular formula is C13H12O2. The summed E-state index contributed by atoms with van der Waals surface area (Å²) >= 11 is 0. The molecule has 0 aliphatic carbocycles. The van der Waals surface area contributed by atoms with Crippen LogP contribution in [0.15, 0.2) is 60.7 Å². The van der Waals surface area contributed by atoms with Gasteiger partial charge in [0.25, 0.3) is 0 Å². The summed E-state index contributed by atoms with van der Waals surface area (Å²) < 4.78 is 5.36. The molecule has 0 radical (unpaired) electrons. The van der Waals surface area contributed by atoms with Crippen molar-refractivity contribution in [2.45, 2.75) is 6.29 Å². The zero-order valence-corrected chi connectivity index (χ0v) is 8.21. The summed E-state index contributed by atoms with van der Waals surface area (Å²) in [4.78, 5) is 0. The van der Waals surface area contributed by atoms with E-state index in [2.05, 4.69) is 0 Å². The molecule has 1 unspecified atom stereocenters. The summed E-state index contributed by atoms with van der Waals surface area (Å²) in [5.41, 5.74) is 0.751. The minimum absolute atomic E-state index is 0.661. The molecule has 2 aromatic carbocycles. The van der Waals surface area contributed by atoms with E-state index in [-0.39, 0.29) is 0 Å². The van der Waals surface area contributed by atoms with Gasteiger partial charge in [-0.1, -0.05) is 48.5 Å². The highest BCUT2D eigenvalue weighted by Gasteiger charge is 2.07. The molecule has 0 amide bonds. The van der Waals surface area contributed by atoms with Crippen molar-refractivity contribution >= 4 is 0 Å². The topological polar surface area (TPSA) is 29.5 Å². The molecule has 2 rings (SSSR count). The van der Waals surface area contributed by atoms with E-state index in [1.54, 1.807) is 0 Å². The normalized spacial score (nSPS) is 12.1. The van der Waals surface area contributed by atoms with Crippen LogP contribution in [-0.2, 0) is 0 Å². The van der Waals surface area contributed by atoms with Gasteiger partial charge >= 0.3 is 0 Å². The van der Waals surface area contributed by atoms with Gasteiger partial charge in [-0.3, -0.25) is 0 Å². The van der Waals surface area contributed by atoms with Gasteiger partial charge in [-0.05, 0) is 12.1 Å². The van der Waals surface area contributed by atoms with Gasteiger partial charge in [0.1, 0.15) is 5.75 Å². The molecule has 0 fully saturated rings. The molecule has 0 bridgehead atoms. The van der Waals surface area contributed by atoms with Crippen molar-refractivity contribution in [1.82, 2.24) is 0 Å². The third-order valence-electron chi connectivity index (χ3n) is 2.08. The molecule has 0 aliphatic heterocycles. The monoisotopic (exact) mass is 200 g/mol. The first-order valence-corrected chi connectivity index (χ1v) is 4.81. The number of hydrogen-bond donors (Lipinski definition) is 1. The Morgan fingerprint density at radius 3 is 1.93 bits per heavy atom. The fourth-order valence-corrected chi connectivity index (χ4v) is 1.31. The van der Waals surface area contributed by atoms with Crippen molar-refractivity contribution in [3.63, 3.8) is 0 Å². The number of aliphatic hydroxyl groups is 1. The number of aliphatic hydroxyl groups excluding tert-OH is 1. The van der Waals surface area contributed by atoms with E-state index in [1.807, 2.05) is 60.7 Å². The average molecular weight is 200 g/mol. The maximum Gasteiger partial charge on any atom is 0.224 e. The van der Waals surface area contributed by atoms with Crippen LogP contribution >= 0.6 is 0 Å². The quantitative estimate of drug-likeness (QED) is 0.772. The molecule has 0 aromatic heterocycles. The first kappa shape index (κ1) is 9.74. The molecule has 1 atom stereocenters. The molecule has 15 heavy (non-hydrogen) atoms. The van der Waals surface area contributed by atoms with E-state index < -0.39 is 6.29 Å². The molecule has 0 aliphatic rings. The Labute approximate surface area is 88.8 Å². The van der Waals surface area contributed by atoms with Gasteiger partial charge in [-0.2, -0.15) is 0 Å². The standard InChI is InChI=1S/C13H12O2/c14-13(11-7-3-1-4-8-11)15-12-9-5-2-6-10-12/h1-10,13-14H.